The standard InChI is InChI=1S/C17H31B/c1-4-14-15-11-13(17(15,2)3)12-16(14)18-9-7-5-6-8-10-18/h13-16H,4-12H2,1-3H3/t13-,14?,15+,16+/m0/s1. The van der Waals surface area contributed by atoms with Crippen LogP contribution in [0.25, 0.3) is 0 Å². The van der Waals surface area contributed by atoms with Gasteiger partial charge in [-0.15, -0.1) is 0 Å². The molecule has 0 nitrogen and oxygen atoms in total. The fraction of sp³-hybridized carbons (Fsp3) is 1.00. The average Bonchev–Trinajstić information content (AvgIpc) is 2.66. The van der Waals surface area contributed by atoms with E-state index in [1.165, 1.54) is 32.1 Å². The van der Waals surface area contributed by atoms with Crippen LogP contribution < -0.4 is 0 Å². The Hall–Kier alpha value is 0.0649. The van der Waals surface area contributed by atoms with Gasteiger partial charge in [0.1, 0.15) is 6.71 Å². The third kappa shape index (κ3) is 1.97. The number of hydrogen-bond acceptors (Lipinski definition) is 0. The molecule has 0 amide bonds. The second-order valence-corrected chi connectivity index (χ2v) is 8.08. The first kappa shape index (κ1) is 13.1. The molecule has 4 aliphatic rings. The van der Waals surface area contributed by atoms with Crippen LogP contribution in [0, 0.1) is 23.2 Å². The zero-order valence-corrected chi connectivity index (χ0v) is 12.8. The van der Waals surface area contributed by atoms with Gasteiger partial charge in [-0.05, 0) is 29.6 Å². The highest BCUT2D eigenvalue weighted by Gasteiger charge is 2.58. The minimum absolute atomic E-state index is 0.682. The van der Waals surface area contributed by atoms with Gasteiger partial charge in [0, 0.05) is 0 Å². The molecule has 0 radical (unpaired) electrons. The maximum atomic E-state index is 2.55. The third-order valence-corrected chi connectivity index (χ3v) is 7.15. The van der Waals surface area contributed by atoms with Gasteiger partial charge in [-0.25, -0.2) is 0 Å². The number of hydrogen-bond donors (Lipinski definition) is 0. The van der Waals surface area contributed by atoms with E-state index in [1.807, 2.05) is 0 Å². The molecular formula is C17H31B. The van der Waals surface area contributed by atoms with E-state index in [0.717, 1.165) is 30.3 Å². The van der Waals surface area contributed by atoms with E-state index in [9.17, 15) is 0 Å². The predicted molar refractivity (Wildman–Crippen MR) is 81.4 cm³/mol. The van der Waals surface area contributed by atoms with Crippen molar-refractivity contribution in [1.82, 2.24) is 0 Å². The van der Waals surface area contributed by atoms with Gasteiger partial charge in [0.15, 0.2) is 0 Å². The van der Waals surface area contributed by atoms with Gasteiger partial charge in [0.05, 0.1) is 0 Å². The topological polar surface area (TPSA) is 0 Å². The van der Waals surface area contributed by atoms with Crippen LogP contribution in [0.4, 0.5) is 0 Å². The zero-order valence-electron chi connectivity index (χ0n) is 12.8. The summed E-state index contributed by atoms with van der Waals surface area (Å²) in [5, 5.41) is 0. The Balaban J connectivity index is 1.72. The quantitative estimate of drug-likeness (QED) is 0.563. The second-order valence-electron chi connectivity index (χ2n) is 8.08. The molecule has 3 aliphatic carbocycles. The minimum atomic E-state index is 0.682. The van der Waals surface area contributed by atoms with Crippen LogP contribution in [0.2, 0.25) is 18.5 Å². The van der Waals surface area contributed by atoms with Crippen molar-refractivity contribution in [3.63, 3.8) is 0 Å². The first-order valence-electron chi connectivity index (χ1n) is 8.64. The van der Waals surface area contributed by atoms with Crippen molar-refractivity contribution in [3.8, 4) is 0 Å². The SMILES string of the molecule is CCC1[C@H]2C[C@@H](C[C@H]1B1CCCCCC1)C2(C)C. The van der Waals surface area contributed by atoms with Crippen molar-refractivity contribution in [3.05, 3.63) is 0 Å². The summed E-state index contributed by atoms with van der Waals surface area (Å²) in [6.07, 6.45) is 13.8. The van der Waals surface area contributed by atoms with Crippen LogP contribution >= 0.6 is 0 Å². The van der Waals surface area contributed by atoms with Crippen molar-refractivity contribution in [2.24, 2.45) is 23.2 Å². The Morgan fingerprint density at radius 2 is 1.67 bits per heavy atom. The van der Waals surface area contributed by atoms with E-state index in [0.29, 0.717) is 5.41 Å². The van der Waals surface area contributed by atoms with E-state index in [-0.39, 0.29) is 0 Å². The molecule has 3 saturated carbocycles. The van der Waals surface area contributed by atoms with Crippen LogP contribution in [0.15, 0.2) is 0 Å². The lowest BCUT2D eigenvalue weighted by atomic mass is 9.27. The first-order chi connectivity index (χ1) is 8.64. The van der Waals surface area contributed by atoms with E-state index >= 15 is 0 Å². The van der Waals surface area contributed by atoms with Crippen LogP contribution in [0.5, 0.6) is 0 Å². The smallest absolute Gasteiger partial charge is 0.0739 e. The molecule has 0 aromatic heterocycles. The zero-order chi connectivity index (χ0) is 12.8. The molecule has 2 bridgehead atoms. The Morgan fingerprint density at radius 3 is 2.22 bits per heavy atom. The lowest BCUT2D eigenvalue weighted by Gasteiger charge is -2.64. The molecule has 1 aliphatic heterocycles. The van der Waals surface area contributed by atoms with Gasteiger partial charge in [0.2, 0.25) is 0 Å². The second kappa shape index (κ2) is 4.87. The summed E-state index contributed by atoms with van der Waals surface area (Å²) in [7, 11) is 0. The summed E-state index contributed by atoms with van der Waals surface area (Å²) in [6.45, 7) is 8.66. The van der Waals surface area contributed by atoms with Gasteiger partial charge in [-0.2, -0.15) is 0 Å². The molecule has 1 heteroatoms. The number of fused-ring (bicyclic) bond motifs is 2. The van der Waals surface area contributed by atoms with Crippen molar-refractivity contribution in [1.29, 1.82) is 0 Å². The Kier molecular flexibility index (Phi) is 3.54. The molecule has 0 N–H and O–H groups in total. The van der Waals surface area contributed by atoms with Gasteiger partial charge < -0.3 is 0 Å². The van der Waals surface area contributed by atoms with Crippen LogP contribution in [0.1, 0.15) is 65.7 Å². The molecule has 0 aromatic carbocycles. The maximum absolute atomic E-state index is 2.55. The van der Waals surface area contributed by atoms with Gasteiger partial charge in [-0.3, -0.25) is 0 Å². The summed E-state index contributed by atoms with van der Waals surface area (Å²) >= 11 is 0. The summed E-state index contributed by atoms with van der Waals surface area (Å²) in [4.78, 5) is 0. The lowest BCUT2D eigenvalue weighted by molar-refractivity contribution is -0.105. The molecule has 4 atom stereocenters. The average molecular weight is 246 g/mol. The highest BCUT2D eigenvalue weighted by molar-refractivity contribution is 6.60. The molecule has 1 heterocycles. The van der Waals surface area contributed by atoms with Gasteiger partial charge in [-0.1, -0.05) is 77.8 Å². The predicted octanol–water partition coefficient (Wildman–Crippen LogP) is 5.52. The van der Waals surface area contributed by atoms with Crippen molar-refractivity contribution < 1.29 is 0 Å². The summed E-state index contributed by atoms with van der Waals surface area (Å²) in [6, 6.07) is 0. The molecule has 4 fully saturated rings. The van der Waals surface area contributed by atoms with E-state index in [1.54, 1.807) is 25.5 Å². The van der Waals surface area contributed by atoms with Gasteiger partial charge in [0.25, 0.3) is 0 Å². The van der Waals surface area contributed by atoms with Crippen molar-refractivity contribution >= 4 is 6.71 Å². The van der Waals surface area contributed by atoms with Crippen LogP contribution in [-0.2, 0) is 0 Å². The Bertz CT molecular complexity index is 288. The fourth-order valence-corrected chi connectivity index (χ4v) is 5.85. The number of rotatable bonds is 2. The summed E-state index contributed by atoms with van der Waals surface area (Å²) < 4.78 is 0. The normalized spacial score (nSPS) is 43.2. The largest absolute Gasteiger partial charge is 0.143 e. The Morgan fingerprint density at radius 1 is 1.00 bits per heavy atom. The highest BCUT2D eigenvalue weighted by atomic mass is 14.6. The fourth-order valence-electron chi connectivity index (χ4n) is 5.85. The van der Waals surface area contributed by atoms with E-state index < -0.39 is 0 Å². The minimum Gasteiger partial charge on any atom is -0.0739 e. The first-order valence-corrected chi connectivity index (χ1v) is 8.64. The lowest BCUT2D eigenvalue weighted by Crippen LogP contribution is -2.56. The van der Waals surface area contributed by atoms with Crippen molar-refractivity contribution in [2.75, 3.05) is 0 Å². The van der Waals surface area contributed by atoms with Crippen molar-refractivity contribution in [2.45, 2.75) is 84.2 Å². The molecule has 102 valence electrons. The molecule has 4 rings (SSSR count). The molecule has 1 unspecified atom stereocenters. The van der Waals surface area contributed by atoms with Gasteiger partial charge >= 0.3 is 0 Å². The molecule has 0 aromatic rings. The monoisotopic (exact) mass is 246 g/mol. The maximum Gasteiger partial charge on any atom is 0.143 e. The van der Waals surface area contributed by atoms with Crippen LogP contribution in [0.3, 0.4) is 0 Å². The molecular weight excluding hydrogens is 215 g/mol. The highest BCUT2D eigenvalue weighted by Crippen LogP contribution is 2.66. The Labute approximate surface area is 114 Å². The summed E-state index contributed by atoms with van der Waals surface area (Å²) in [5.74, 6) is 4.30. The third-order valence-electron chi connectivity index (χ3n) is 7.15. The van der Waals surface area contributed by atoms with E-state index in [2.05, 4.69) is 20.8 Å². The molecule has 1 saturated heterocycles. The molecule has 0 spiro atoms. The van der Waals surface area contributed by atoms with E-state index in [4.69, 9.17) is 0 Å². The van der Waals surface area contributed by atoms with Crippen LogP contribution in [-0.4, -0.2) is 6.71 Å². The summed E-state index contributed by atoms with van der Waals surface area (Å²) in [5.41, 5.74) is 0.682. The molecule has 18 heavy (non-hydrogen) atoms.